The number of benzene rings is 9. The summed E-state index contributed by atoms with van der Waals surface area (Å²) in [5, 5.41) is 9.71. The van der Waals surface area contributed by atoms with Crippen LogP contribution in [0.2, 0.25) is 0 Å². The van der Waals surface area contributed by atoms with Gasteiger partial charge in [-0.15, -0.1) is 0 Å². The summed E-state index contributed by atoms with van der Waals surface area (Å²) in [5.74, 6) is 1.07. The van der Waals surface area contributed by atoms with E-state index in [2.05, 4.69) is 217 Å². The van der Waals surface area contributed by atoms with E-state index < -0.39 is 5.54 Å². The molecule has 0 saturated heterocycles. The van der Waals surface area contributed by atoms with Crippen LogP contribution >= 0.6 is 0 Å². The van der Waals surface area contributed by atoms with Gasteiger partial charge in [-0.1, -0.05) is 179 Å². The fraction of sp³-hybridized carbons (Fsp3) is 0.115. The van der Waals surface area contributed by atoms with Gasteiger partial charge in [-0.25, -0.2) is 4.99 Å². The molecule has 0 saturated carbocycles. The summed E-state index contributed by atoms with van der Waals surface area (Å²) in [6.07, 6.45) is 5.77. The minimum absolute atomic E-state index is 0.468. The molecule has 0 radical (unpaired) electrons. The van der Waals surface area contributed by atoms with E-state index in [-0.39, 0.29) is 0 Å². The summed E-state index contributed by atoms with van der Waals surface area (Å²) in [4.78, 5) is 10.1. The van der Waals surface area contributed by atoms with Crippen LogP contribution < -0.4 is 0 Å². The minimum atomic E-state index is -0.830. The molecule has 11 aromatic rings. The topological polar surface area (TPSA) is 34.6 Å². The van der Waals surface area contributed by atoms with Crippen molar-refractivity contribution in [1.29, 1.82) is 0 Å². The Morgan fingerprint density at radius 3 is 2.02 bits per heavy atom. The summed E-state index contributed by atoms with van der Waals surface area (Å²) in [5.41, 5.74) is 12.0. The lowest BCUT2D eigenvalue weighted by atomic mass is 9.80. The van der Waals surface area contributed by atoms with Crippen molar-refractivity contribution in [2.45, 2.75) is 45.6 Å². The molecule has 2 heterocycles. The van der Waals surface area contributed by atoms with Crippen molar-refractivity contribution >= 4 is 83.8 Å². The quantitative estimate of drug-likeness (QED) is 0.0908. The summed E-state index contributed by atoms with van der Waals surface area (Å²) >= 11 is 0. The second-order valence-electron chi connectivity index (χ2n) is 17.2. The molecule has 1 aliphatic carbocycles. The molecular weight excluding hydrogens is 789 g/mol. The monoisotopic (exact) mass is 838 g/mol. The molecule has 65 heavy (non-hydrogen) atoms. The number of aromatic nitrogens is 2. The predicted molar refractivity (Wildman–Crippen MR) is 279 cm³/mol. The van der Waals surface area contributed by atoms with E-state index >= 15 is 0 Å². The number of nitrogens with zero attached hydrogens (tertiary/aromatic N) is 4. The summed E-state index contributed by atoms with van der Waals surface area (Å²) in [7, 11) is 0. The Balaban J connectivity index is 0.00000231. The molecule has 4 heteroatoms. The Kier molecular flexibility index (Phi) is 9.88. The summed E-state index contributed by atoms with van der Waals surface area (Å²) in [6.45, 7) is 12.6. The Morgan fingerprint density at radius 2 is 1.25 bits per heavy atom. The van der Waals surface area contributed by atoms with E-state index in [4.69, 9.17) is 4.99 Å². The SMILES string of the molecule is C=NC(=NC(C)(c1ccccc1)c1ccc(-n2c3ccccc3c3cc4c5c6c(ccc5n(-c5ccccc5)c4cc32)C(C)CC=C6)c2ccc3ccccc3c12)c1ccccc1.CC. The van der Waals surface area contributed by atoms with Gasteiger partial charge in [0.25, 0.3) is 0 Å². The third-order valence-corrected chi connectivity index (χ3v) is 13.6. The van der Waals surface area contributed by atoms with Crippen LogP contribution in [0.25, 0.3) is 82.6 Å². The van der Waals surface area contributed by atoms with Gasteiger partial charge in [-0.3, -0.25) is 4.99 Å². The zero-order valence-electron chi connectivity index (χ0n) is 37.3. The van der Waals surface area contributed by atoms with Gasteiger partial charge in [0.2, 0.25) is 0 Å². The first-order valence-electron chi connectivity index (χ1n) is 22.9. The Labute approximate surface area is 380 Å². The van der Waals surface area contributed by atoms with Crippen molar-refractivity contribution in [3.8, 4) is 11.4 Å². The maximum absolute atomic E-state index is 5.59. The Hall–Kier alpha value is -7.82. The standard InChI is InChI=1S/C59H44N4.C2H6/c1-38-18-17-28-46-43(38)32-34-53-57(46)49-36-48-45-27-15-16-29-51(45)63(54(48)37-55(49)62(53)42-24-11-6-12-25-42)52-35-33-50(56-44-26-14-13-19-39(44)30-31-47(52)56)59(2,41-22-9-5-10-23-41)61-58(60-3)40-20-7-4-8-21-40;1-2/h4-17,19-38H,3,18H2,1-2H3;1-2H3. The van der Waals surface area contributed by atoms with Crippen molar-refractivity contribution in [1.82, 2.24) is 9.13 Å². The summed E-state index contributed by atoms with van der Waals surface area (Å²) < 4.78 is 4.97. The van der Waals surface area contributed by atoms with Gasteiger partial charge in [-0.2, -0.15) is 0 Å². The lowest BCUT2D eigenvalue weighted by Crippen LogP contribution is -2.24. The van der Waals surface area contributed by atoms with Gasteiger partial charge < -0.3 is 9.13 Å². The molecule has 0 aliphatic heterocycles. The van der Waals surface area contributed by atoms with Gasteiger partial charge in [0.15, 0.2) is 5.84 Å². The number of amidine groups is 1. The maximum Gasteiger partial charge on any atom is 0.155 e. The fourth-order valence-electron chi connectivity index (χ4n) is 10.6. The van der Waals surface area contributed by atoms with Crippen molar-refractivity contribution in [3.05, 3.63) is 222 Å². The number of aliphatic imine (C=N–C) groups is 2. The fourth-order valence-corrected chi connectivity index (χ4v) is 10.6. The highest BCUT2D eigenvalue weighted by molar-refractivity contribution is 6.22. The third kappa shape index (κ3) is 6.27. The lowest BCUT2D eigenvalue weighted by molar-refractivity contribution is 0.612. The van der Waals surface area contributed by atoms with Crippen LogP contribution in [0.3, 0.4) is 0 Å². The van der Waals surface area contributed by atoms with E-state index in [9.17, 15) is 0 Å². The second-order valence-corrected chi connectivity index (χ2v) is 17.2. The molecule has 0 N–H and O–H groups in total. The zero-order chi connectivity index (χ0) is 44.2. The Bertz CT molecular complexity index is 3680. The molecule has 0 spiro atoms. The first kappa shape index (κ1) is 40.0. The average molecular weight is 839 g/mol. The molecule has 0 amide bonds. The number of fused-ring (bicyclic) bond motifs is 11. The van der Waals surface area contributed by atoms with Crippen LogP contribution in [-0.2, 0) is 5.54 Å². The number of rotatable bonds is 6. The first-order chi connectivity index (χ1) is 32.0. The second kappa shape index (κ2) is 16.1. The first-order valence-corrected chi connectivity index (χ1v) is 22.9. The minimum Gasteiger partial charge on any atom is -0.309 e. The molecule has 2 aromatic heterocycles. The highest BCUT2D eigenvalue weighted by Gasteiger charge is 2.33. The van der Waals surface area contributed by atoms with E-state index in [1.165, 1.54) is 60.0 Å². The van der Waals surface area contributed by atoms with Crippen LogP contribution in [-0.4, -0.2) is 21.7 Å². The molecule has 2 unspecified atom stereocenters. The molecular formula is C61H50N4. The van der Waals surface area contributed by atoms with E-state index in [0.717, 1.165) is 50.8 Å². The molecule has 1 aliphatic rings. The van der Waals surface area contributed by atoms with Crippen molar-refractivity contribution in [3.63, 3.8) is 0 Å². The van der Waals surface area contributed by atoms with Crippen molar-refractivity contribution in [2.75, 3.05) is 0 Å². The van der Waals surface area contributed by atoms with Crippen molar-refractivity contribution in [2.24, 2.45) is 9.98 Å². The highest BCUT2D eigenvalue weighted by atomic mass is 15.0. The van der Waals surface area contributed by atoms with E-state index in [0.29, 0.717) is 11.8 Å². The number of hydrogen-bond donors (Lipinski definition) is 0. The van der Waals surface area contributed by atoms with Gasteiger partial charge in [0, 0.05) is 38.2 Å². The lowest BCUT2D eigenvalue weighted by Gasteiger charge is -2.30. The van der Waals surface area contributed by atoms with Gasteiger partial charge in [0.1, 0.15) is 5.54 Å². The van der Waals surface area contributed by atoms with Crippen LogP contribution in [0.15, 0.2) is 204 Å². The maximum atomic E-state index is 5.59. The van der Waals surface area contributed by atoms with Crippen LogP contribution in [0.1, 0.15) is 67.9 Å². The van der Waals surface area contributed by atoms with E-state index in [1.807, 2.05) is 32.0 Å². The van der Waals surface area contributed by atoms with Crippen LogP contribution in [0.5, 0.6) is 0 Å². The number of para-hydroxylation sites is 2. The molecule has 4 nitrogen and oxygen atoms in total. The van der Waals surface area contributed by atoms with Crippen LogP contribution in [0, 0.1) is 0 Å². The largest absolute Gasteiger partial charge is 0.309 e. The smallest absolute Gasteiger partial charge is 0.155 e. The number of allylic oxidation sites excluding steroid dienone is 1. The molecule has 12 rings (SSSR count). The van der Waals surface area contributed by atoms with Gasteiger partial charge >= 0.3 is 0 Å². The average Bonchev–Trinajstić information content (AvgIpc) is 3.88. The molecule has 0 bridgehead atoms. The molecule has 9 aromatic carbocycles. The molecule has 314 valence electrons. The predicted octanol–water partition coefficient (Wildman–Crippen LogP) is 16.1. The van der Waals surface area contributed by atoms with Crippen LogP contribution in [0.4, 0.5) is 0 Å². The third-order valence-electron chi connectivity index (χ3n) is 13.6. The normalized spacial score (nSPS) is 14.8. The molecule has 2 atom stereocenters. The highest BCUT2D eigenvalue weighted by Crippen LogP contribution is 2.47. The zero-order valence-corrected chi connectivity index (χ0v) is 37.3. The van der Waals surface area contributed by atoms with Gasteiger partial charge in [-0.05, 0) is 107 Å². The summed E-state index contributed by atoms with van der Waals surface area (Å²) in [6, 6.07) is 68.1. The molecule has 0 fully saturated rings. The van der Waals surface area contributed by atoms with Crippen molar-refractivity contribution < 1.29 is 0 Å². The van der Waals surface area contributed by atoms with Gasteiger partial charge in [0.05, 0.1) is 27.8 Å². The number of hydrogen-bond acceptors (Lipinski definition) is 1. The van der Waals surface area contributed by atoms with E-state index in [1.54, 1.807) is 0 Å². The Morgan fingerprint density at radius 1 is 0.569 bits per heavy atom.